The molecule has 0 bridgehead atoms. The fourth-order valence-corrected chi connectivity index (χ4v) is 0.726. The maximum Gasteiger partial charge on any atom is 0.350 e. The Bertz CT molecular complexity index is 206. The molecule has 0 heterocycles. The molecule has 0 spiro atoms. The van der Waals surface area contributed by atoms with E-state index in [1.807, 2.05) is 0 Å². The highest BCUT2D eigenvalue weighted by Crippen LogP contribution is 2.01. The molecule has 0 aromatic heterocycles. The van der Waals surface area contributed by atoms with Gasteiger partial charge in [0.25, 0.3) is 16.4 Å². The second-order valence-electron chi connectivity index (χ2n) is 1.55. The van der Waals surface area contributed by atoms with Crippen molar-refractivity contribution in [2.75, 3.05) is 6.54 Å². The largest absolute Gasteiger partial charge is 0.350 e. The molecule has 0 atom stereocenters. The first-order valence-corrected chi connectivity index (χ1v) is 3.95. The van der Waals surface area contributed by atoms with Gasteiger partial charge in [-0.15, -0.1) is 12.4 Å². The quantitative estimate of drug-likeness (QED) is 0.728. The second kappa shape index (κ2) is 5.55. The molecule has 0 amide bonds. The summed E-state index contributed by atoms with van der Waals surface area (Å²) in [7, 11) is -4.86. The lowest BCUT2D eigenvalue weighted by Crippen LogP contribution is -2.33. The third-order valence-electron chi connectivity index (χ3n) is 0.673. The number of nitrogens with one attached hydrogen (secondary N) is 1. The average molecular weight is 232 g/mol. The predicted octanol–water partition coefficient (Wildman–Crippen LogP) is 0.815. The van der Waals surface area contributed by atoms with Crippen LogP contribution >= 0.6 is 12.4 Å². The molecule has 0 saturated heterocycles. The Morgan fingerprint density at radius 3 is 1.83 bits per heavy atom. The lowest BCUT2D eigenvalue weighted by atomic mass is 10.7. The summed E-state index contributed by atoms with van der Waals surface area (Å²) < 4.78 is 66.4. The van der Waals surface area contributed by atoms with Crippen LogP contribution in [-0.2, 0) is 10.0 Å². The van der Waals surface area contributed by atoms with Crippen molar-refractivity contribution < 1.29 is 26.0 Å². The fourth-order valence-electron chi connectivity index (χ4n) is 0.242. The lowest BCUT2D eigenvalue weighted by Gasteiger charge is -2.03. The van der Waals surface area contributed by atoms with Crippen LogP contribution in [0.4, 0.5) is 17.6 Å². The zero-order chi connectivity index (χ0) is 9.07. The molecular weight excluding hydrogens is 226 g/mol. The van der Waals surface area contributed by atoms with Gasteiger partial charge in [0.05, 0.1) is 6.54 Å². The molecule has 0 rings (SSSR count). The molecule has 0 aliphatic heterocycles. The van der Waals surface area contributed by atoms with Gasteiger partial charge in [-0.25, -0.2) is 21.9 Å². The molecule has 0 aromatic carbocycles. The topological polar surface area (TPSA) is 46.2 Å². The van der Waals surface area contributed by atoms with Crippen molar-refractivity contribution in [3.05, 3.63) is 0 Å². The van der Waals surface area contributed by atoms with Crippen molar-refractivity contribution in [1.82, 2.24) is 4.72 Å². The van der Waals surface area contributed by atoms with Crippen molar-refractivity contribution in [1.29, 1.82) is 0 Å². The van der Waals surface area contributed by atoms with Crippen molar-refractivity contribution in [3.63, 3.8) is 0 Å². The van der Waals surface area contributed by atoms with E-state index in [9.17, 15) is 26.0 Å². The van der Waals surface area contributed by atoms with Crippen LogP contribution in [0.5, 0.6) is 0 Å². The molecule has 0 aliphatic rings. The van der Waals surface area contributed by atoms with Gasteiger partial charge in [0.1, 0.15) is 0 Å². The minimum Gasteiger partial charge on any atom is -0.209 e. The van der Waals surface area contributed by atoms with E-state index in [4.69, 9.17) is 0 Å². The molecule has 0 aromatic rings. The fraction of sp³-hybridized carbons (Fsp3) is 1.00. The Balaban J connectivity index is 0. The van der Waals surface area contributed by atoms with E-state index in [-0.39, 0.29) is 12.4 Å². The Kier molecular flexibility index (Phi) is 6.68. The molecule has 1 N–H and O–H groups in total. The number of hydrogen-bond donors (Lipinski definition) is 1. The number of hydrogen-bond acceptors (Lipinski definition) is 2. The van der Waals surface area contributed by atoms with Crippen molar-refractivity contribution in [2.45, 2.75) is 12.2 Å². The van der Waals surface area contributed by atoms with E-state index in [0.717, 1.165) is 4.72 Å². The van der Waals surface area contributed by atoms with Crippen molar-refractivity contribution in [3.8, 4) is 0 Å². The molecule has 9 heteroatoms. The zero-order valence-corrected chi connectivity index (χ0v) is 7.14. The zero-order valence-electron chi connectivity index (χ0n) is 5.51. The van der Waals surface area contributed by atoms with Gasteiger partial charge >= 0.3 is 5.76 Å². The summed E-state index contributed by atoms with van der Waals surface area (Å²) in [6, 6.07) is 0. The summed E-state index contributed by atoms with van der Waals surface area (Å²) in [5.74, 6) is -3.67. The minimum atomic E-state index is -4.86. The van der Waals surface area contributed by atoms with E-state index in [1.54, 1.807) is 0 Å². The van der Waals surface area contributed by atoms with Gasteiger partial charge in [0, 0.05) is 0 Å². The van der Waals surface area contributed by atoms with Gasteiger partial charge in [-0.05, 0) is 0 Å². The highest BCUT2D eigenvalue weighted by atomic mass is 35.5. The maximum atomic E-state index is 11.4. The van der Waals surface area contributed by atoms with Crippen LogP contribution < -0.4 is 4.72 Å². The van der Waals surface area contributed by atoms with E-state index in [2.05, 4.69) is 0 Å². The summed E-state index contributed by atoms with van der Waals surface area (Å²) in [4.78, 5) is 0. The average Bonchev–Trinajstić information content (AvgIpc) is 1.84. The van der Waals surface area contributed by atoms with Crippen molar-refractivity contribution >= 4 is 22.4 Å². The van der Waals surface area contributed by atoms with Crippen LogP contribution in [0.25, 0.3) is 0 Å². The van der Waals surface area contributed by atoms with Gasteiger partial charge < -0.3 is 0 Å². The molecule has 0 saturated carbocycles. The first-order valence-electron chi connectivity index (χ1n) is 2.41. The highest BCUT2D eigenvalue weighted by Gasteiger charge is 2.24. The second-order valence-corrected chi connectivity index (χ2v) is 3.28. The standard InChI is InChI=1S/C3H5F4NO2S.ClH/c4-2(5)1-8-11(9,10)3(6)7;/h2-3,8H,1H2;1H. The van der Waals surface area contributed by atoms with Gasteiger partial charge in [-0.2, -0.15) is 8.78 Å². The first kappa shape index (κ1) is 14.4. The Morgan fingerprint density at radius 1 is 1.17 bits per heavy atom. The molecule has 76 valence electrons. The van der Waals surface area contributed by atoms with Gasteiger partial charge in [-0.1, -0.05) is 0 Å². The third kappa shape index (κ3) is 5.56. The third-order valence-corrected chi connectivity index (χ3v) is 1.71. The summed E-state index contributed by atoms with van der Waals surface area (Å²) in [5.41, 5.74) is 0. The normalized spacial score (nSPS) is 11.8. The SMILES string of the molecule is Cl.O=S(=O)(NCC(F)F)C(F)F. The summed E-state index contributed by atoms with van der Waals surface area (Å²) in [6.07, 6.45) is -2.97. The van der Waals surface area contributed by atoms with Gasteiger partial charge in [0.15, 0.2) is 0 Å². The molecule has 0 unspecified atom stereocenters. The molecule has 12 heavy (non-hydrogen) atoms. The van der Waals surface area contributed by atoms with Crippen LogP contribution in [-0.4, -0.2) is 27.1 Å². The maximum absolute atomic E-state index is 11.4. The summed E-state index contributed by atoms with van der Waals surface area (Å²) >= 11 is 0. The van der Waals surface area contributed by atoms with Crippen molar-refractivity contribution in [2.24, 2.45) is 0 Å². The molecule has 0 fully saturated rings. The molecule has 0 radical (unpaired) electrons. The first-order chi connectivity index (χ1) is 4.86. The number of rotatable bonds is 4. The van der Waals surface area contributed by atoms with E-state index in [1.165, 1.54) is 0 Å². The van der Waals surface area contributed by atoms with Crippen LogP contribution in [0.3, 0.4) is 0 Å². The van der Waals surface area contributed by atoms with Crippen LogP contribution in [0, 0.1) is 0 Å². The predicted molar refractivity (Wildman–Crippen MR) is 36.2 cm³/mol. The monoisotopic (exact) mass is 231 g/mol. The smallest absolute Gasteiger partial charge is 0.209 e. The van der Waals surface area contributed by atoms with E-state index in [0.29, 0.717) is 0 Å². The molecule has 0 aliphatic carbocycles. The van der Waals surface area contributed by atoms with Crippen LogP contribution in [0.1, 0.15) is 0 Å². The van der Waals surface area contributed by atoms with E-state index < -0.39 is 28.8 Å². The Hall–Kier alpha value is -0.0800. The van der Waals surface area contributed by atoms with Gasteiger partial charge in [0.2, 0.25) is 0 Å². The molecule has 3 nitrogen and oxygen atoms in total. The Labute approximate surface area is 72.6 Å². The summed E-state index contributed by atoms with van der Waals surface area (Å²) in [6.45, 7) is -1.29. The van der Waals surface area contributed by atoms with Crippen LogP contribution in [0.15, 0.2) is 0 Å². The van der Waals surface area contributed by atoms with Crippen LogP contribution in [0.2, 0.25) is 0 Å². The number of halogens is 5. The van der Waals surface area contributed by atoms with Gasteiger partial charge in [-0.3, -0.25) is 0 Å². The number of sulfonamides is 1. The lowest BCUT2D eigenvalue weighted by molar-refractivity contribution is 0.151. The minimum absolute atomic E-state index is 0. The molecular formula is C3H6ClF4NO2S. The number of alkyl halides is 4. The highest BCUT2D eigenvalue weighted by molar-refractivity contribution is 7.89. The summed E-state index contributed by atoms with van der Waals surface area (Å²) in [5, 5.41) is 0. The Morgan fingerprint density at radius 2 is 1.58 bits per heavy atom. The van der Waals surface area contributed by atoms with E-state index >= 15 is 0 Å².